The Kier molecular flexibility index (Phi) is 7.44. The minimum atomic E-state index is 0.300. The summed E-state index contributed by atoms with van der Waals surface area (Å²) in [4.78, 5) is 20.4. The number of likely N-dealkylation sites (tertiary alicyclic amines) is 1. The first kappa shape index (κ1) is 21.8. The van der Waals surface area contributed by atoms with Gasteiger partial charge in [-0.2, -0.15) is 5.10 Å². The van der Waals surface area contributed by atoms with Crippen molar-refractivity contribution in [3.05, 3.63) is 17.5 Å². The number of aryl methyl sites for hydroxylation is 1. The minimum absolute atomic E-state index is 0.300. The van der Waals surface area contributed by atoms with Gasteiger partial charge in [-0.1, -0.05) is 0 Å². The molecule has 0 aromatic carbocycles. The Morgan fingerprint density at radius 3 is 2.70 bits per heavy atom. The van der Waals surface area contributed by atoms with Gasteiger partial charge in [-0.3, -0.25) is 19.3 Å². The normalized spacial score (nSPS) is 23.6. The predicted octanol–water partition coefficient (Wildman–Crippen LogP) is 2.14. The van der Waals surface area contributed by atoms with Crippen LogP contribution in [-0.4, -0.2) is 88.9 Å². The van der Waals surface area contributed by atoms with Crippen LogP contribution in [0.25, 0.3) is 0 Å². The maximum Gasteiger partial charge on any atom is 0.225 e. The molecule has 4 rings (SSSR count). The highest BCUT2D eigenvalue weighted by atomic mass is 16.5. The van der Waals surface area contributed by atoms with Crippen molar-refractivity contribution in [2.75, 3.05) is 52.5 Å². The van der Waals surface area contributed by atoms with Gasteiger partial charge in [0.2, 0.25) is 5.91 Å². The highest BCUT2D eigenvalue weighted by Crippen LogP contribution is 2.33. The van der Waals surface area contributed by atoms with Crippen LogP contribution in [0.2, 0.25) is 0 Å². The monoisotopic (exact) mass is 417 g/mol. The third kappa shape index (κ3) is 5.42. The molecule has 0 radical (unpaired) electrons. The molecule has 3 aliphatic rings. The quantitative estimate of drug-likeness (QED) is 0.616. The van der Waals surface area contributed by atoms with E-state index >= 15 is 0 Å². The smallest absolute Gasteiger partial charge is 0.225 e. The van der Waals surface area contributed by atoms with Gasteiger partial charge in [0.05, 0.1) is 19.4 Å². The molecule has 1 aromatic rings. The van der Waals surface area contributed by atoms with Crippen molar-refractivity contribution in [1.82, 2.24) is 24.5 Å². The SMILES string of the molecule is CCn1ncc(CN2CCCC(N(CCCN3CCOCC3)C(=O)C3CC3)C2)c1C. The van der Waals surface area contributed by atoms with E-state index in [4.69, 9.17) is 4.74 Å². The average molecular weight is 418 g/mol. The van der Waals surface area contributed by atoms with E-state index in [0.29, 0.717) is 17.9 Å². The van der Waals surface area contributed by atoms with E-state index in [2.05, 4.69) is 38.3 Å². The number of rotatable bonds is 9. The number of carbonyl (C=O) groups is 1. The summed E-state index contributed by atoms with van der Waals surface area (Å²) in [5.41, 5.74) is 2.60. The summed E-state index contributed by atoms with van der Waals surface area (Å²) in [5.74, 6) is 0.715. The molecule has 1 aliphatic carbocycles. The van der Waals surface area contributed by atoms with Crippen molar-refractivity contribution in [2.45, 2.75) is 65.1 Å². The van der Waals surface area contributed by atoms with Crippen molar-refractivity contribution < 1.29 is 9.53 Å². The van der Waals surface area contributed by atoms with Crippen LogP contribution in [0.3, 0.4) is 0 Å². The van der Waals surface area contributed by atoms with Gasteiger partial charge in [-0.25, -0.2) is 0 Å². The fourth-order valence-electron chi connectivity index (χ4n) is 4.96. The van der Waals surface area contributed by atoms with Crippen molar-refractivity contribution in [2.24, 2.45) is 5.92 Å². The number of carbonyl (C=O) groups excluding carboxylic acids is 1. The maximum atomic E-state index is 13.1. The second-order valence-electron chi connectivity index (χ2n) is 9.22. The Balaban J connectivity index is 1.34. The Hall–Kier alpha value is -1.44. The first-order valence-electron chi connectivity index (χ1n) is 12.0. The molecule has 1 unspecified atom stereocenters. The molecule has 3 fully saturated rings. The number of hydrogen-bond acceptors (Lipinski definition) is 5. The van der Waals surface area contributed by atoms with Crippen LogP contribution in [0.5, 0.6) is 0 Å². The Morgan fingerprint density at radius 2 is 2.00 bits per heavy atom. The molecule has 7 nitrogen and oxygen atoms in total. The zero-order valence-electron chi connectivity index (χ0n) is 18.9. The Morgan fingerprint density at radius 1 is 1.20 bits per heavy atom. The first-order valence-corrected chi connectivity index (χ1v) is 12.0. The third-order valence-corrected chi connectivity index (χ3v) is 7.01. The van der Waals surface area contributed by atoms with Crippen LogP contribution < -0.4 is 0 Å². The summed E-state index contributed by atoms with van der Waals surface area (Å²) < 4.78 is 7.53. The maximum absolute atomic E-state index is 13.1. The summed E-state index contributed by atoms with van der Waals surface area (Å²) in [7, 11) is 0. The number of hydrogen-bond donors (Lipinski definition) is 0. The number of amides is 1. The number of piperidine rings is 1. The highest BCUT2D eigenvalue weighted by molar-refractivity contribution is 5.81. The van der Waals surface area contributed by atoms with Crippen LogP contribution in [0.4, 0.5) is 0 Å². The molecule has 1 atom stereocenters. The molecule has 2 saturated heterocycles. The van der Waals surface area contributed by atoms with Gasteiger partial charge < -0.3 is 9.64 Å². The summed E-state index contributed by atoms with van der Waals surface area (Å²) >= 11 is 0. The highest BCUT2D eigenvalue weighted by Gasteiger charge is 2.37. The minimum Gasteiger partial charge on any atom is -0.379 e. The van der Waals surface area contributed by atoms with Gasteiger partial charge in [-0.15, -0.1) is 0 Å². The lowest BCUT2D eigenvalue weighted by Gasteiger charge is -2.40. The van der Waals surface area contributed by atoms with Crippen molar-refractivity contribution >= 4 is 5.91 Å². The van der Waals surface area contributed by atoms with Crippen LogP contribution >= 0.6 is 0 Å². The van der Waals surface area contributed by atoms with Gasteiger partial charge >= 0.3 is 0 Å². The molecule has 1 saturated carbocycles. The van der Waals surface area contributed by atoms with E-state index in [-0.39, 0.29) is 0 Å². The number of nitrogens with zero attached hydrogens (tertiary/aromatic N) is 5. The number of ether oxygens (including phenoxy) is 1. The zero-order valence-corrected chi connectivity index (χ0v) is 18.9. The summed E-state index contributed by atoms with van der Waals surface area (Å²) in [5, 5.41) is 4.51. The van der Waals surface area contributed by atoms with E-state index in [1.165, 1.54) is 17.7 Å². The molecular weight excluding hydrogens is 378 g/mol. The second kappa shape index (κ2) is 10.2. The Labute approximate surface area is 181 Å². The molecule has 30 heavy (non-hydrogen) atoms. The molecule has 2 aliphatic heterocycles. The van der Waals surface area contributed by atoms with E-state index in [1.807, 2.05) is 6.20 Å². The van der Waals surface area contributed by atoms with E-state index in [0.717, 1.165) is 91.3 Å². The molecule has 1 amide bonds. The van der Waals surface area contributed by atoms with Gasteiger partial charge in [0.25, 0.3) is 0 Å². The average Bonchev–Trinajstić information content (AvgIpc) is 3.57. The topological polar surface area (TPSA) is 53.8 Å². The van der Waals surface area contributed by atoms with Crippen molar-refractivity contribution in [3.63, 3.8) is 0 Å². The summed E-state index contributed by atoms with van der Waals surface area (Å²) in [6.45, 7) is 14.0. The third-order valence-electron chi connectivity index (χ3n) is 7.01. The largest absolute Gasteiger partial charge is 0.379 e. The van der Waals surface area contributed by atoms with Crippen LogP contribution in [-0.2, 0) is 22.6 Å². The van der Waals surface area contributed by atoms with Crippen LogP contribution in [0, 0.1) is 12.8 Å². The zero-order chi connectivity index (χ0) is 20.9. The first-order chi connectivity index (χ1) is 14.7. The molecule has 168 valence electrons. The number of morpholine rings is 1. The second-order valence-corrected chi connectivity index (χ2v) is 9.22. The molecule has 0 spiro atoms. The molecule has 7 heteroatoms. The molecule has 1 aromatic heterocycles. The van der Waals surface area contributed by atoms with Crippen molar-refractivity contribution in [3.8, 4) is 0 Å². The van der Waals surface area contributed by atoms with Crippen molar-refractivity contribution in [1.29, 1.82) is 0 Å². The van der Waals surface area contributed by atoms with Gasteiger partial charge in [0.1, 0.15) is 0 Å². The van der Waals surface area contributed by atoms with Crippen LogP contribution in [0.15, 0.2) is 6.20 Å². The van der Waals surface area contributed by atoms with Gasteiger partial charge in [0.15, 0.2) is 0 Å². The molecular formula is C23H39N5O2. The summed E-state index contributed by atoms with van der Waals surface area (Å²) in [6, 6.07) is 0.359. The predicted molar refractivity (Wildman–Crippen MR) is 117 cm³/mol. The fourth-order valence-corrected chi connectivity index (χ4v) is 4.96. The Bertz CT molecular complexity index is 696. The fraction of sp³-hybridized carbons (Fsp3) is 0.826. The van der Waals surface area contributed by atoms with E-state index in [1.54, 1.807) is 0 Å². The lowest BCUT2D eigenvalue weighted by molar-refractivity contribution is -0.136. The lowest BCUT2D eigenvalue weighted by atomic mass is 10.0. The molecule has 3 heterocycles. The standard InChI is InChI=1S/C23H39N5O2/c1-3-28-19(2)21(16-24-28)17-26-9-4-6-22(18-26)27(23(29)20-7-8-20)11-5-10-25-12-14-30-15-13-25/h16,20,22H,3-15,17-18H2,1-2H3. The number of aromatic nitrogens is 2. The molecule has 0 N–H and O–H groups in total. The van der Waals surface area contributed by atoms with E-state index in [9.17, 15) is 4.79 Å². The van der Waals surface area contributed by atoms with E-state index < -0.39 is 0 Å². The van der Waals surface area contributed by atoms with Crippen LogP contribution in [0.1, 0.15) is 50.3 Å². The van der Waals surface area contributed by atoms with Gasteiger partial charge in [-0.05, 0) is 52.5 Å². The van der Waals surface area contributed by atoms with Gasteiger partial charge in [0, 0.05) is 69.0 Å². The summed E-state index contributed by atoms with van der Waals surface area (Å²) in [6.07, 6.45) is 7.58. The molecule has 0 bridgehead atoms. The lowest BCUT2D eigenvalue weighted by Crippen LogP contribution is -2.51.